The smallest absolute Gasteiger partial charge is 0.0100 e. The van der Waals surface area contributed by atoms with Crippen LogP contribution in [0, 0.1) is 0 Å². The first-order chi connectivity index (χ1) is 3.71. The lowest BCUT2D eigenvalue weighted by Gasteiger charge is -2.27. The second-order valence-corrected chi connectivity index (χ2v) is 8.47. The molecule has 0 aromatic heterocycles. The van der Waals surface area contributed by atoms with Crippen molar-refractivity contribution < 1.29 is 0 Å². The highest BCUT2D eigenvalue weighted by molar-refractivity contribution is 7.81. The second-order valence-electron chi connectivity index (χ2n) is 4.55. The van der Waals surface area contributed by atoms with Crippen molar-refractivity contribution in [3.63, 3.8) is 0 Å². The van der Waals surface area contributed by atoms with E-state index in [2.05, 4.69) is 40.3 Å². The lowest BCUT2D eigenvalue weighted by atomic mass is 9.99. The van der Waals surface area contributed by atoms with E-state index in [0.29, 0.717) is 5.04 Å². The Hall–Kier alpha value is 0.567. The Bertz CT molecular complexity index is 74.1. The average Bonchev–Trinajstić information content (AvgIpc) is 1.14. The maximum absolute atomic E-state index is 4.47. The van der Waals surface area contributed by atoms with E-state index in [1.165, 1.54) is 16.7 Å². The molecule has 0 rings (SSSR count). The lowest BCUT2D eigenvalue weighted by molar-refractivity contribution is 0.525. The Labute approximate surface area is 67.3 Å². The number of rotatable bonds is 2. The van der Waals surface area contributed by atoms with Crippen LogP contribution in [-0.2, 0) is 0 Å². The van der Waals surface area contributed by atoms with Crippen LogP contribution in [0.15, 0.2) is 0 Å². The van der Waals surface area contributed by atoms with Crippen LogP contribution < -0.4 is 0 Å². The third kappa shape index (κ3) is 8.57. The molecule has 0 atom stereocenters. The van der Waals surface area contributed by atoms with Crippen LogP contribution in [-0.4, -0.2) is 15.0 Å². The molecule has 2 heteroatoms. The molecule has 0 radical (unpaired) electrons. The highest BCUT2D eigenvalue weighted by atomic mass is 32.1. The standard InChI is InChI=1S/C7H18SSi/c1-6(2,8)5-7(3,4)9/h8H,5H2,1-4,9H3. The van der Waals surface area contributed by atoms with E-state index in [4.69, 9.17) is 0 Å². The zero-order chi connectivity index (χ0) is 7.71. The average molecular weight is 162 g/mol. The van der Waals surface area contributed by atoms with Gasteiger partial charge in [-0.2, -0.15) is 12.6 Å². The third-order valence-electron chi connectivity index (χ3n) is 0.963. The summed E-state index contributed by atoms with van der Waals surface area (Å²) in [5, 5.41) is 0.547. The molecule has 0 N–H and O–H groups in total. The van der Waals surface area contributed by atoms with Crippen molar-refractivity contribution >= 4 is 22.9 Å². The van der Waals surface area contributed by atoms with Crippen LogP contribution in [0.5, 0.6) is 0 Å². The number of hydrogen-bond acceptors (Lipinski definition) is 1. The van der Waals surface area contributed by atoms with Crippen molar-refractivity contribution in [3.05, 3.63) is 0 Å². The zero-order valence-corrected chi connectivity index (χ0v) is 10.0. The third-order valence-corrected chi connectivity index (χ3v) is 1.47. The molecule has 0 aliphatic heterocycles. The molecule has 56 valence electrons. The summed E-state index contributed by atoms with van der Waals surface area (Å²) in [6.07, 6.45) is 1.22. The minimum Gasteiger partial charge on any atom is -0.173 e. The fraction of sp³-hybridized carbons (Fsp3) is 1.00. The Morgan fingerprint density at radius 3 is 1.56 bits per heavy atom. The molecule has 0 nitrogen and oxygen atoms in total. The van der Waals surface area contributed by atoms with Gasteiger partial charge in [-0.3, -0.25) is 0 Å². The summed E-state index contributed by atoms with van der Waals surface area (Å²) < 4.78 is 0.214. The van der Waals surface area contributed by atoms with Crippen LogP contribution in [0.3, 0.4) is 0 Å². The molecule has 0 bridgehead atoms. The van der Waals surface area contributed by atoms with Gasteiger partial charge in [0.1, 0.15) is 0 Å². The molecule has 0 aliphatic carbocycles. The summed E-state index contributed by atoms with van der Waals surface area (Å²) >= 11 is 4.47. The molecule has 0 spiro atoms. The molecular weight excluding hydrogens is 144 g/mol. The van der Waals surface area contributed by atoms with Crippen molar-refractivity contribution in [3.8, 4) is 0 Å². The van der Waals surface area contributed by atoms with Gasteiger partial charge in [0.15, 0.2) is 0 Å². The topological polar surface area (TPSA) is 0 Å². The van der Waals surface area contributed by atoms with Crippen LogP contribution in [0.1, 0.15) is 34.1 Å². The highest BCUT2D eigenvalue weighted by Crippen LogP contribution is 2.33. The van der Waals surface area contributed by atoms with Crippen molar-refractivity contribution in [2.45, 2.75) is 43.9 Å². The monoisotopic (exact) mass is 162 g/mol. The van der Waals surface area contributed by atoms with Crippen molar-refractivity contribution in [2.75, 3.05) is 0 Å². The van der Waals surface area contributed by atoms with Gasteiger partial charge in [0.05, 0.1) is 0 Å². The van der Waals surface area contributed by atoms with Gasteiger partial charge in [-0.1, -0.05) is 27.7 Å². The van der Waals surface area contributed by atoms with Gasteiger partial charge in [0.25, 0.3) is 0 Å². The van der Waals surface area contributed by atoms with E-state index in [9.17, 15) is 0 Å². The number of hydrogen-bond donors (Lipinski definition) is 1. The molecule has 0 unspecified atom stereocenters. The van der Waals surface area contributed by atoms with Crippen LogP contribution in [0.25, 0.3) is 0 Å². The van der Waals surface area contributed by atoms with Crippen LogP contribution >= 0.6 is 12.6 Å². The number of thiol groups is 1. The molecule has 0 aromatic rings. The summed E-state index contributed by atoms with van der Waals surface area (Å²) in [5.74, 6) is 0. The normalized spacial score (nSPS) is 14.3. The fourth-order valence-corrected chi connectivity index (χ4v) is 2.95. The van der Waals surface area contributed by atoms with Crippen LogP contribution in [0.4, 0.5) is 0 Å². The maximum atomic E-state index is 4.47. The molecule has 0 aliphatic rings. The van der Waals surface area contributed by atoms with Gasteiger partial charge in [-0.05, 0) is 11.5 Å². The SMILES string of the molecule is CC(C)([SiH3])CC(C)(C)S. The van der Waals surface area contributed by atoms with Gasteiger partial charge in [-0.15, -0.1) is 0 Å². The summed E-state index contributed by atoms with van der Waals surface area (Å²) in [4.78, 5) is 0. The summed E-state index contributed by atoms with van der Waals surface area (Å²) in [6.45, 7) is 8.96. The molecule has 0 saturated carbocycles. The summed E-state index contributed by atoms with van der Waals surface area (Å²) in [7, 11) is 1.26. The van der Waals surface area contributed by atoms with Gasteiger partial charge in [-0.25, -0.2) is 0 Å². The van der Waals surface area contributed by atoms with Gasteiger partial charge < -0.3 is 0 Å². The Morgan fingerprint density at radius 1 is 1.22 bits per heavy atom. The molecule has 0 fully saturated rings. The van der Waals surface area contributed by atoms with Gasteiger partial charge in [0, 0.05) is 15.0 Å². The van der Waals surface area contributed by atoms with E-state index in [0.717, 1.165) is 0 Å². The van der Waals surface area contributed by atoms with E-state index >= 15 is 0 Å². The zero-order valence-electron chi connectivity index (χ0n) is 7.15. The first-order valence-corrected chi connectivity index (χ1v) is 4.88. The Morgan fingerprint density at radius 2 is 1.56 bits per heavy atom. The Kier molecular flexibility index (Phi) is 2.83. The molecule has 9 heavy (non-hydrogen) atoms. The van der Waals surface area contributed by atoms with E-state index in [1.54, 1.807) is 0 Å². The van der Waals surface area contributed by atoms with E-state index in [-0.39, 0.29) is 4.75 Å². The molecule has 0 amide bonds. The predicted octanol–water partition coefficient (Wildman–Crippen LogP) is 1.65. The first kappa shape index (κ1) is 9.57. The fourth-order valence-electron chi connectivity index (χ4n) is 1.30. The lowest BCUT2D eigenvalue weighted by Crippen LogP contribution is -2.18. The highest BCUT2D eigenvalue weighted by Gasteiger charge is 2.20. The van der Waals surface area contributed by atoms with Crippen LogP contribution in [0.2, 0.25) is 5.04 Å². The first-order valence-electron chi connectivity index (χ1n) is 3.43. The molecular formula is C7H18SSi. The second kappa shape index (κ2) is 2.66. The minimum atomic E-state index is 0.214. The summed E-state index contributed by atoms with van der Waals surface area (Å²) in [6, 6.07) is 0. The van der Waals surface area contributed by atoms with Crippen molar-refractivity contribution in [2.24, 2.45) is 0 Å². The molecule has 0 heterocycles. The molecule has 0 aromatic carbocycles. The molecule has 0 saturated heterocycles. The predicted molar refractivity (Wildman–Crippen MR) is 51.7 cm³/mol. The maximum Gasteiger partial charge on any atom is 0.0100 e. The van der Waals surface area contributed by atoms with Gasteiger partial charge >= 0.3 is 0 Å². The van der Waals surface area contributed by atoms with E-state index < -0.39 is 0 Å². The largest absolute Gasteiger partial charge is 0.173 e. The van der Waals surface area contributed by atoms with Crippen molar-refractivity contribution in [1.82, 2.24) is 0 Å². The quantitative estimate of drug-likeness (QED) is 0.463. The van der Waals surface area contributed by atoms with E-state index in [1.807, 2.05) is 0 Å². The minimum absolute atomic E-state index is 0.214. The Balaban J connectivity index is 3.75. The van der Waals surface area contributed by atoms with Crippen molar-refractivity contribution in [1.29, 1.82) is 0 Å². The van der Waals surface area contributed by atoms with Gasteiger partial charge in [0.2, 0.25) is 0 Å². The summed E-state index contributed by atoms with van der Waals surface area (Å²) in [5.41, 5.74) is 0.